The summed E-state index contributed by atoms with van der Waals surface area (Å²) in [5, 5.41) is 21.4. The number of furan rings is 1. The van der Waals surface area contributed by atoms with Crippen LogP contribution < -0.4 is 4.74 Å². The third-order valence-corrected chi connectivity index (χ3v) is 5.15. The summed E-state index contributed by atoms with van der Waals surface area (Å²) in [6, 6.07) is 4.95. The zero-order valence-electron chi connectivity index (χ0n) is 18.6. The van der Waals surface area contributed by atoms with Crippen LogP contribution in [0.5, 0.6) is 11.5 Å². The summed E-state index contributed by atoms with van der Waals surface area (Å²) in [4.78, 5) is 37.2. The third kappa shape index (κ3) is 4.63. The van der Waals surface area contributed by atoms with E-state index in [0.29, 0.717) is 11.1 Å². The normalized spacial score (nSPS) is 15.1. The lowest BCUT2D eigenvalue weighted by Gasteiger charge is -2.32. The molecule has 178 valence electrons. The number of esters is 2. The molecule has 0 amide bonds. The second-order valence-electron chi connectivity index (χ2n) is 7.09. The highest BCUT2D eigenvalue weighted by Crippen LogP contribution is 2.39. The maximum Gasteiger partial charge on any atom is 0.433 e. The lowest BCUT2D eigenvalue weighted by molar-refractivity contribution is -0.402. The van der Waals surface area contributed by atoms with Crippen LogP contribution >= 0.6 is 0 Å². The lowest BCUT2D eigenvalue weighted by atomic mass is 9.92. The van der Waals surface area contributed by atoms with Gasteiger partial charge in [0.2, 0.25) is 0 Å². The molecule has 0 saturated carbocycles. The number of carbonyl (C=O) groups is 2. The minimum Gasteiger partial charge on any atom is -0.504 e. The smallest absolute Gasteiger partial charge is 0.433 e. The predicted octanol–water partition coefficient (Wildman–Crippen LogP) is 3.26. The van der Waals surface area contributed by atoms with Gasteiger partial charge >= 0.3 is 17.8 Å². The number of carbonyl (C=O) groups excluding carboxylic acids is 2. The van der Waals surface area contributed by atoms with E-state index in [-0.39, 0.29) is 35.0 Å². The number of methoxy groups -OCH3 is 3. The Morgan fingerprint density at radius 2 is 1.88 bits per heavy atom. The first-order valence-electron chi connectivity index (χ1n) is 9.86. The fraction of sp³-hybridized carbons (Fsp3) is 0.217. The fourth-order valence-electron chi connectivity index (χ4n) is 3.56. The summed E-state index contributed by atoms with van der Waals surface area (Å²) in [6.45, 7) is 3.84. The molecule has 11 heteroatoms. The Hall–Kier alpha value is -4.54. The molecule has 0 fully saturated rings. The van der Waals surface area contributed by atoms with E-state index in [0.717, 1.165) is 14.2 Å². The number of fused-ring (bicyclic) bond motifs is 1. The first-order chi connectivity index (χ1) is 16.2. The lowest BCUT2D eigenvalue weighted by Crippen LogP contribution is -2.27. The standard InChI is InChI=1S/C23H22N2O9/c1-5-18-15-10-20(31-2)19(26)9-13(15)8-16(22(27)32-3)17(23(28)33-4)12-24(18)11-14-6-7-21(34-14)25(29)30/h5-10,12,18,26H,1,11H2,2-4H3. The molecule has 2 heterocycles. The Labute approximate surface area is 194 Å². The van der Waals surface area contributed by atoms with Gasteiger partial charge < -0.3 is 28.6 Å². The summed E-state index contributed by atoms with van der Waals surface area (Å²) in [5.74, 6) is -1.89. The van der Waals surface area contributed by atoms with E-state index in [4.69, 9.17) is 18.6 Å². The average molecular weight is 470 g/mol. The Kier molecular flexibility index (Phi) is 7.05. The zero-order valence-corrected chi connectivity index (χ0v) is 18.6. The van der Waals surface area contributed by atoms with Crippen molar-refractivity contribution in [2.45, 2.75) is 12.6 Å². The summed E-state index contributed by atoms with van der Waals surface area (Å²) in [5.41, 5.74) is 0.683. The minimum atomic E-state index is -0.823. The van der Waals surface area contributed by atoms with Gasteiger partial charge in [-0.05, 0) is 35.4 Å². The summed E-state index contributed by atoms with van der Waals surface area (Å²) < 4.78 is 20.3. The van der Waals surface area contributed by atoms with E-state index in [2.05, 4.69) is 6.58 Å². The summed E-state index contributed by atoms with van der Waals surface area (Å²) in [6.07, 6.45) is 4.33. The van der Waals surface area contributed by atoms with Crippen LogP contribution in [-0.4, -0.2) is 48.2 Å². The van der Waals surface area contributed by atoms with Crippen molar-refractivity contribution >= 4 is 23.9 Å². The molecular weight excluding hydrogens is 448 g/mol. The monoisotopic (exact) mass is 470 g/mol. The van der Waals surface area contributed by atoms with E-state index >= 15 is 0 Å². The highest BCUT2D eigenvalue weighted by molar-refractivity contribution is 6.10. The fourth-order valence-corrected chi connectivity index (χ4v) is 3.56. The maximum absolute atomic E-state index is 12.7. The van der Waals surface area contributed by atoms with Crippen molar-refractivity contribution in [2.75, 3.05) is 21.3 Å². The summed E-state index contributed by atoms with van der Waals surface area (Å²) in [7, 11) is 3.71. The molecular formula is C23H22N2O9. The largest absolute Gasteiger partial charge is 0.504 e. The molecule has 1 aliphatic heterocycles. The molecule has 0 spiro atoms. The molecule has 1 aliphatic rings. The molecule has 0 saturated heterocycles. The van der Waals surface area contributed by atoms with Crippen LogP contribution in [0.1, 0.15) is 22.9 Å². The quantitative estimate of drug-likeness (QED) is 0.277. The van der Waals surface area contributed by atoms with Crippen LogP contribution in [-0.2, 0) is 25.6 Å². The number of aromatic hydroxyl groups is 1. The van der Waals surface area contributed by atoms with Crippen LogP contribution in [0.15, 0.2) is 58.7 Å². The molecule has 0 radical (unpaired) electrons. The molecule has 1 N–H and O–H groups in total. The van der Waals surface area contributed by atoms with E-state index < -0.39 is 28.8 Å². The van der Waals surface area contributed by atoms with Gasteiger partial charge in [0.15, 0.2) is 11.5 Å². The van der Waals surface area contributed by atoms with Crippen LogP contribution in [0.2, 0.25) is 0 Å². The maximum atomic E-state index is 12.7. The highest BCUT2D eigenvalue weighted by Gasteiger charge is 2.30. The van der Waals surface area contributed by atoms with Crippen LogP contribution in [0, 0.1) is 10.1 Å². The Bertz CT molecular complexity index is 1210. The SMILES string of the molecule is C=CC1c2cc(OC)c(O)cc2C=C(C(=O)OC)C(C(=O)OC)=CN1Cc1ccc([N+](=O)[O-])o1. The van der Waals surface area contributed by atoms with Gasteiger partial charge in [-0.25, -0.2) is 9.59 Å². The summed E-state index contributed by atoms with van der Waals surface area (Å²) >= 11 is 0. The molecule has 2 aromatic rings. The first-order valence-corrected chi connectivity index (χ1v) is 9.86. The number of ether oxygens (including phenoxy) is 3. The van der Waals surface area contributed by atoms with Crippen molar-refractivity contribution in [3.63, 3.8) is 0 Å². The number of hydrogen-bond acceptors (Lipinski definition) is 10. The molecule has 34 heavy (non-hydrogen) atoms. The van der Waals surface area contributed by atoms with Crippen molar-refractivity contribution in [1.29, 1.82) is 0 Å². The van der Waals surface area contributed by atoms with Crippen molar-refractivity contribution in [3.05, 3.63) is 81.3 Å². The molecule has 1 unspecified atom stereocenters. The van der Waals surface area contributed by atoms with Crippen LogP contribution in [0.3, 0.4) is 0 Å². The van der Waals surface area contributed by atoms with E-state index in [1.807, 2.05) is 0 Å². The van der Waals surface area contributed by atoms with E-state index in [1.165, 1.54) is 37.6 Å². The minimum absolute atomic E-state index is 0.0396. The van der Waals surface area contributed by atoms with Gasteiger partial charge in [-0.3, -0.25) is 10.1 Å². The highest BCUT2D eigenvalue weighted by atomic mass is 16.6. The van der Waals surface area contributed by atoms with Gasteiger partial charge in [0.25, 0.3) is 0 Å². The van der Waals surface area contributed by atoms with Gasteiger partial charge in [-0.2, -0.15) is 0 Å². The van der Waals surface area contributed by atoms with Crippen molar-refractivity contribution in [2.24, 2.45) is 0 Å². The van der Waals surface area contributed by atoms with Gasteiger partial charge in [0.1, 0.15) is 10.7 Å². The number of nitrogens with zero attached hydrogens (tertiary/aromatic N) is 2. The number of hydrogen-bond donors (Lipinski definition) is 1. The molecule has 0 aliphatic carbocycles. The number of phenols is 1. The zero-order chi connectivity index (χ0) is 25.0. The van der Waals surface area contributed by atoms with Crippen molar-refractivity contribution < 1.29 is 38.2 Å². The van der Waals surface area contributed by atoms with Gasteiger partial charge in [-0.1, -0.05) is 6.08 Å². The average Bonchev–Trinajstić information content (AvgIpc) is 3.29. The second kappa shape index (κ2) is 9.94. The topological polar surface area (TPSA) is 142 Å². The van der Waals surface area contributed by atoms with E-state index in [9.17, 15) is 24.8 Å². The molecule has 1 atom stereocenters. The molecule has 1 aromatic heterocycles. The Morgan fingerprint density at radius 1 is 1.21 bits per heavy atom. The van der Waals surface area contributed by atoms with Crippen molar-refractivity contribution in [3.8, 4) is 11.5 Å². The number of rotatable bonds is 7. The predicted molar refractivity (Wildman–Crippen MR) is 119 cm³/mol. The second-order valence-corrected chi connectivity index (χ2v) is 7.09. The third-order valence-electron chi connectivity index (χ3n) is 5.15. The molecule has 0 bridgehead atoms. The Balaban J connectivity index is 2.29. The molecule has 3 rings (SSSR count). The Morgan fingerprint density at radius 3 is 2.44 bits per heavy atom. The van der Waals surface area contributed by atoms with Crippen molar-refractivity contribution in [1.82, 2.24) is 4.90 Å². The molecule has 11 nitrogen and oxygen atoms in total. The number of nitro groups is 1. The number of phenolic OH excluding ortho intramolecular Hbond substituents is 1. The van der Waals surface area contributed by atoms with Gasteiger partial charge in [0, 0.05) is 6.20 Å². The first kappa shape index (κ1) is 24.1. The van der Waals surface area contributed by atoms with Crippen LogP contribution in [0.4, 0.5) is 5.88 Å². The van der Waals surface area contributed by atoms with Gasteiger partial charge in [0.05, 0.1) is 51.1 Å². The van der Waals surface area contributed by atoms with Crippen LogP contribution in [0.25, 0.3) is 6.08 Å². The number of benzene rings is 1. The molecule has 1 aromatic carbocycles. The van der Waals surface area contributed by atoms with E-state index in [1.54, 1.807) is 17.0 Å². The van der Waals surface area contributed by atoms with Gasteiger partial charge in [-0.15, -0.1) is 6.58 Å².